The summed E-state index contributed by atoms with van der Waals surface area (Å²) in [6.45, 7) is 2.52. The highest BCUT2D eigenvalue weighted by Gasteiger charge is 2.41. The maximum atomic E-state index is 14.9. The molecule has 7 heteroatoms. The first kappa shape index (κ1) is 19.5. The van der Waals surface area contributed by atoms with Crippen molar-refractivity contribution in [1.82, 2.24) is 0 Å². The zero-order valence-electron chi connectivity index (χ0n) is 15.1. The van der Waals surface area contributed by atoms with Gasteiger partial charge in [-0.3, -0.25) is 0 Å². The minimum Gasteiger partial charge on any atom is -0.369 e. The Morgan fingerprint density at radius 3 is 2.26 bits per heavy atom. The fourth-order valence-corrected chi connectivity index (χ4v) is 3.38. The Bertz CT molecular complexity index is 779. The number of anilines is 3. The fraction of sp³-hybridized carbons (Fsp3) is 0.400. The van der Waals surface area contributed by atoms with Crippen LogP contribution in [0.15, 0.2) is 36.4 Å². The first-order chi connectivity index (χ1) is 12.8. The molecule has 3 rings (SSSR count). The molecular weight excluding hydrogens is 358 g/mol. The minimum absolute atomic E-state index is 0.00448. The van der Waals surface area contributed by atoms with E-state index < -0.39 is 17.9 Å². The Labute approximate surface area is 156 Å². The molecule has 0 aromatic heterocycles. The molecule has 0 bridgehead atoms. The van der Waals surface area contributed by atoms with Crippen molar-refractivity contribution in [1.29, 1.82) is 0 Å². The van der Waals surface area contributed by atoms with Crippen LogP contribution in [0.3, 0.4) is 0 Å². The fourth-order valence-electron chi connectivity index (χ4n) is 3.38. The number of hydrogen-bond donors (Lipinski definition) is 2. The molecule has 0 amide bonds. The highest BCUT2D eigenvalue weighted by Crippen LogP contribution is 2.37. The lowest BCUT2D eigenvalue weighted by atomic mass is 9.95. The Morgan fingerprint density at radius 1 is 1.07 bits per heavy atom. The highest BCUT2D eigenvalue weighted by molar-refractivity contribution is 5.67. The molecule has 0 saturated carbocycles. The van der Waals surface area contributed by atoms with Crippen LogP contribution in [0.4, 0.5) is 34.6 Å². The zero-order chi connectivity index (χ0) is 19.6. The summed E-state index contributed by atoms with van der Waals surface area (Å²) in [7, 11) is 0. The predicted octanol–water partition coefficient (Wildman–Crippen LogP) is 5.12. The van der Waals surface area contributed by atoms with Gasteiger partial charge in [0.1, 0.15) is 0 Å². The van der Waals surface area contributed by atoms with Crippen LogP contribution in [0.2, 0.25) is 0 Å². The van der Waals surface area contributed by atoms with E-state index in [1.165, 1.54) is 0 Å². The van der Waals surface area contributed by atoms with Gasteiger partial charge in [0.05, 0.1) is 11.6 Å². The van der Waals surface area contributed by atoms with Crippen molar-refractivity contribution >= 4 is 17.1 Å². The monoisotopic (exact) mass is 381 g/mol. The molecule has 0 unspecified atom stereocenters. The third kappa shape index (κ3) is 4.35. The number of benzene rings is 2. The van der Waals surface area contributed by atoms with E-state index in [0.29, 0.717) is 23.5 Å². The van der Waals surface area contributed by atoms with Gasteiger partial charge < -0.3 is 16.0 Å². The van der Waals surface area contributed by atoms with E-state index in [1.807, 2.05) is 24.3 Å². The predicted molar refractivity (Wildman–Crippen MR) is 99.7 cm³/mol. The molecule has 2 aromatic rings. The zero-order valence-corrected chi connectivity index (χ0v) is 15.1. The summed E-state index contributed by atoms with van der Waals surface area (Å²) in [5.41, 5.74) is 8.82. The molecule has 1 aliphatic rings. The van der Waals surface area contributed by atoms with Crippen molar-refractivity contribution in [3.05, 3.63) is 53.3 Å². The molecule has 3 nitrogen and oxygen atoms in total. The molecule has 146 valence electrons. The lowest BCUT2D eigenvalue weighted by Gasteiger charge is -2.35. The molecule has 0 spiro atoms. The lowest BCUT2D eigenvalue weighted by molar-refractivity contribution is -0.179. The van der Waals surface area contributed by atoms with Crippen molar-refractivity contribution in [2.75, 3.05) is 23.3 Å². The number of alkyl halides is 3. The van der Waals surface area contributed by atoms with Crippen LogP contribution in [-0.2, 0) is 6.54 Å². The van der Waals surface area contributed by atoms with Crippen molar-refractivity contribution in [3.8, 4) is 0 Å². The average molecular weight is 381 g/mol. The van der Waals surface area contributed by atoms with E-state index in [9.17, 15) is 17.6 Å². The van der Waals surface area contributed by atoms with Crippen molar-refractivity contribution in [2.45, 2.75) is 32.5 Å². The van der Waals surface area contributed by atoms with Gasteiger partial charge in [0.2, 0.25) is 0 Å². The van der Waals surface area contributed by atoms with E-state index in [-0.39, 0.29) is 25.9 Å². The SMILES string of the molecule is Cc1c(Nc2ccc(CN)cc2)ccc(N2CCC(C(F)(F)F)CC2)c1F. The topological polar surface area (TPSA) is 41.3 Å². The lowest BCUT2D eigenvalue weighted by Crippen LogP contribution is -2.39. The average Bonchev–Trinajstić information content (AvgIpc) is 2.66. The Balaban J connectivity index is 1.73. The molecule has 1 heterocycles. The van der Waals surface area contributed by atoms with E-state index in [0.717, 1.165) is 11.3 Å². The summed E-state index contributed by atoms with van der Waals surface area (Å²) in [5.74, 6) is -1.70. The highest BCUT2D eigenvalue weighted by atomic mass is 19.4. The molecule has 0 atom stereocenters. The summed E-state index contributed by atoms with van der Waals surface area (Å²) >= 11 is 0. The van der Waals surface area contributed by atoms with Crippen LogP contribution < -0.4 is 16.0 Å². The van der Waals surface area contributed by atoms with Crippen molar-refractivity contribution in [3.63, 3.8) is 0 Å². The second kappa shape index (κ2) is 7.76. The van der Waals surface area contributed by atoms with E-state index in [1.54, 1.807) is 24.0 Å². The molecule has 27 heavy (non-hydrogen) atoms. The summed E-state index contributed by atoms with van der Waals surface area (Å²) in [5, 5.41) is 3.17. The summed E-state index contributed by atoms with van der Waals surface area (Å²) in [6, 6.07) is 10.9. The first-order valence-corrected chi connectivity index (χ1v) is 8.96. The van der Waals surface area contributed by atoms with Gasteiger partial charge in [-0.05, 0) is 49.6 Å². The minimum atomic E-state index is -4.17. The second-order valence-electron chi connectivity index (χ2n) is 6.90. The standard InChI is InChI=1S/C20H23F4N3/c1-13-17(26-16-4-2-14(12-25)3-5-16)6-7-18(19(13)21)27-10-8-15(9-11-27)20(22,23)24/h2-7,15,26H,8-12,25H2,1H3. The van der Waals surface area contributed by atoms with Crippen LogP contribution in [-0.4, -0.2) is 19.3 Å². The molecule has 1 saturated heterocycles. The maximum Gasteiger partial charge on any atom is 0.391 e. The van der Waals surface area contributed by atoms with Crippen molar-refractivity contribution in [2.24, 2.45) is 11.7 Å². The number of rotatable bonds is 4. The molecular formula is C20H23F4N3. The van der Waals surface area contributed by atoms with Gasteiger partial charge in [0.15, 0.2) is 5.82 Å². The van der Waals surface area contributed by atoms with Gasteiger partial charge in [0.25, 0.3) is 0 Å². The number of halogens is 4. The van der Waals surface area contributed by atoms with Gasteiger partial charge in [-0.1, -0.05) is 12.1 Å². The smallest absolute Gasteiger partial charge is 0.369 e. The van der Waals surface area contributed by atoms with Crippen LogP contribution in [0.1, 0.15) is 24.0 Å². The number of hydrogen-bond acceptors (Lipinski definition) is 3. The van der Waals surface area contributed by atoms with Gasteiger partial charge in [0, 0.05) is 36.6 Å². The Kier molecular flexibility index (Phi) is 5.60. The van der Waals surface area contributed by atoms with Gasteiger partial charge in [-0.15, -0.1) is 0 Å². The number of nitrogens with two attached hydrogens (primary N) is 1. The van der Waals surface area contributed by atoms with Crippen LogP contribution >= 0.6 is 0 Å². The number of nitrogens with zero attached hydrogens (tertiary/aromatic N) is 1. The molecule has 1 fully saturated rings. The molecule has 2 aromatic carbocycles. The van der Waals surface area contributed by atoms with E-state index in [4.69, 9.17) is 5.73 Å². The number of piperidine rings is 1. The molecule has 0 radical (unpaired) electrons. The van der Waals surface area contributed by atoms with Gasteiger partial charge in [-0.25, -0.2) is 4.39 Å². The quantitative estimate of drug-likeness (QED) is 0.723. The van der Waals surface area contributed by atoms with Gasteiger partial charge in [-0.2, -0.15) is 13.2 Å². The Morgan fingerprint density at radius 2 is 1.70 bits per heavy atom. The first-order valence-electron chi connectivity index (χ1n) is 8.96. The van der Waals surface area contributed by atoms with Crippen LogP contribution in [0, 0.1) is 18.7 Å². The van der Waals surface area contributed by atoms with Crippen molar-refractivity contribution < 1.29 is 17.6 Å². The third-order valence-corrected chi connectivity index (χ3v) is 5.13. The maximum absolute atomic E-state index is 14.9. The normalized spacial score (nSPS) is 15.9. The summed E-state index contributed by atoms with van der Waals surface area (Å²) in [6.07, 6.45) is -4.18. The van der Waals surface area contributed by atoms with Crippen LogP contribution in [0.5, 0.6) is 0 Å². The molecule has 3 N–H and O–H groups in total. The third-order valence-electron chi connectivity index (χ3n) is 5.13. The summed E-state index contributed by atoms with van der Waals surface area (Å²) in [4.78, 5) is 1.70. The molecule has 1 aliphatic heterocycles. The second-order valence-corrected chi connectivity index (χ2v) is 6.90. The van der Waals surface area contributed by atoms with Gasteiger partial charge >= 0.3 is 6.18 Å². The van der Waals surface area contributed by atoms with E-state index in [2.05, 4.69) is 5.32 Å². The number of nitrogens with one attached hydrogen (secondary N) is 1. The Hall–Kier alpha value is -2.28. The van der Waals surface area contributed by atoms with Crippen LogP contribution in [0.25, 0.3) is 0 Å². The molecule has 0 aliphatic carbocycles. The largest absolute Gasteiger partial charge is 0.391 e. The summed E-state index contributed by atoms with van der Waals surface area (Å²) < 4.78 is 53.3. The van der Waals surface area contributed by atoms with E-state index >= 15 is 0 Å².